The van der Waals surface area contributed by atoms with Crippen LogP contribution >= 0.6 is 0 Å². The van der Waals surface area contributed by atoms with Crippen LogP contribution in [0.4, 0.5) is 8.78 Å². The van der Waals surface area contributed by atoms with E-state index in [0.29, 0.717) is 5.92 Å². The maximum Gasteiger partial charge on any atom is 0.373 e. The Kier molecular flexibility index (Phi) is 3.17. The summed E-state index contributed by atoms with van der Waals surface area (Å²) < 4.78 is 28.2. The lowest BCUT2D eigenvalue weighted by atomic mass is 10.1. The number of ether oxygens (including phenoxy) is 1. The Morgan fingerprint density at radius 2 is 2.06 bits per heavy atom. The van der Waals surface area contributed by atoms with Gasteiger partial charge in [-0.15, -0.1) is 0 Å². The third-order valence-electron chi connectivity index (χ3n) is 2.77. The van der Waals surface area contributed by atoms with Crippen LogP contribution in [-0.2, 0) is 9.53 Å². The minimum atomic E-state index is -3.02. The maximum atomic E-state index is 11.8. The molecule has 0 unspecified atom stereocenters. The zero-order chi connectivity index (χ0) is 11.5. The van der Waals surface area contributed by atoms with Crippen molar-refractivity contribution in [1.29, 1.82) is 0 Å². The van der Waals surface area contributed by atoms with E-state index < -0.39 is 12.4 Å². The van der Waals surface area contributed by atoms with Crippen molar-refractivity contribution in [3.8, 4) is 0 Å². The Labute approximate surface area is 92.2 Å². The lowest BCUT2D eigenvalue weighted by Gasteiger charge is -2.03. The fourth-order valence-corrected chi connectivity index (χ4v) is 1.79. The summed E-state index contributed by atoms with van der Waals surface area (Å²) in [6.45, 7) is 0.0999. The van der Waals surface area contributed by atoms with Crippen molar-refractivity contribution in [2.24, 2.45) is 5.92 Å². The molecule has 1 aliphatic carbocycles. The van der Waals surface area contributed by atoms with E-state index in [4.69, 9.17) is 0 Å². The Morgan fingerprint density at radius 3 is 2.69 bits per heavy atom. The van der Waals surface area contributed by atoms with E-state index in [-0.39, 0.29) is 12.5 Å². The molecule has 0 aliphatic heterocycles. The number of hydrogen-bond acceptors (Lipinski definition) is 2. The molecule has 1 saturated carbocycles. The molecule has 1 fully saturated rings. The van der Waals surface area contributed by atoms with Gasteiger partial charge in [0.25, 0.3) is 0 Å². The monoisotopic (exact) mass is 226 g/mol. The van der Waals surface area contributed by atoms with Gasteiger partial charge in [0.2, 0.25) is 0 Å². The molecule has 86 valence electrons. The van der Waals surface area contributed by atoms with E-state index in [9.17, 15) is 13.6 Å². The highest BCUT2D eigenvalue weighted by Gasteiger charge is 2.39. The second-order valence-electron chi connectivity index (χ2n) is 3.94. The number of hydrogen-bond donors (Lipinski definition) is 0. The fourth-order valence-electron chi connectivity index (χ4n) is 1.79. The van der Waals surface area contributed by atoms with Crippen molar-refractivity contribution >= 4 is 5.97 Å². The molecule has 0 spiro atoms. The standard InChI is InChI=1S/C12H12F2O2/c13-11(14)12(15)16-7-9-6-10(9)8-4-2-1-3-5-8/h1-5,9-11H,6-7H2/t9-,10-/m1/s1. The minimum absolute atomic E-state index is 0.0999. The summed E-state index contributed by atoms with van der Waals surface area (Å²) in [6, 6.07) is 9.81. The van der Waals surface area contributed by atoms with E-state index >= 15 is 0 Å². The quantitative estimate of drug-likeness (QED) is 0.737. The Balaban J connectivity index is 1.78. The highest BCUT2D eigenvalue weighted by atomic mass is 19.3. The molecule has 0 radical (unpaired) electrons. The van der Waals surface area contributed by atoms with Gasteiger partial charge in [-0.2, -0.15) is 8.78 Å². The molecule has 0 N–H and O–H groups in total. The highest BCUT2D eigenvalue weighted by molar-refractivity contribution is 5.72. The maximum absolute atomic E-state index is 11.8. The van der Waals surface area contributed by atoms with Crippen LogP contribution in [0.25, 0.3) is 0 Å². The SMILES string of the molecule is O=C(OC[C@H]1C[C@@H]1c1ccccc1)C(F)F. The van der Waals surface area contributed by atoms with Crippen molar-refractivity contribution in [3.05, 3.63) is 35.9 Å². The molecule has 0 aromatic heterocycles. The first-order valence-electron chi connectivity index (χ1n) is 5.18. The average Bonchev–Trinajstić information content (AvgIpc) is 3.06. The molecule has 0 heterocycles. The molecule has 4 heteroatoms. The predicted molar refractivity (Wildman–Crippen MR) is 54.3 cm³/mol. The van der Waals surface area contributed by atoms with Gasteiger partial charge in [-0.1, -0.05) is 30.3 Å². The molecule has 2 rings (SSSR count). The Hall–Kier alpha value is -1.45. The highest BCUT2D eigenvalue weighted by Crippen LogP contribution is 2.47. The molecule has 1 aromatic carbocycles. The van der Waals surface area contributed by atoms with Crippen LogP contribution in [0.3, 0.4) is 0 Å². The molecule has 1 aromatic rings. The van der Waals surface area contributed by atoms with Crippen molar-refractivity contribution < 1.29 is 18.3 Å². The molecule has 0 bridgehead atoms. The largest absolute Gasteiger partial charge is 0.461 e. The van der Waals surface area contributed by atoms with Gasteiger partial charge in [0, 0.05) is 5.92 Å². The zero-order valence-corrected chi connectivity index (χ0v) is 8.61. The van der Waals surface area contributed by atoms with Gasteiger partial charge in [0.1, 0.15) is 0 Å². The summed E-state index contributed by atoms with van der Waals surface area (Å²) in [5.74, 6) is -0.865. The molecule has 0 amide bonds. The lowest BCUT2D eigenvalue weighted by Crippen LogP contribution is -2.15. The van der Waals surface area contributed by atoms with Gasteiger partial charge < -0.3 is 4.74 Å². The van der Waals surface area contributed by atoms with Gasteiger partial charge in [0.15, 0.2) is 0 Å². The van der Waals surface area contributed by atoms with Crippen LogP contribution in [0.5, 0.6) is 0 Å². The van der Waals surface area contributed by atoms with Crippen LogP contribution < -0.4 is 0 Å². The first-order chi connectivity index (χ1) is 7.68. The smallest absolute Gasteiger partial charge is 0.373 e. The molecule has 2 atom stereocenters. The lowest BCUT2D eigenvalue weighted by molar-refractivity contribution is -0.156. The summed E-state index contributed by atoms with van der Waals surface area (Å²) in [7, 11) is 0. The molecule has 0 saturated heterocycles. The van der Waals surface area contributed by atoms with Crippen LogP contribution in [0.2, 0.25) is 0 Å². The summed E-state index contributed by atoms with van der Waals surface area (Å²) >= 11 is 0. The van der Waals surface area contributed by atoms with E-state index in [2.05, 4.69) is 4.74 Å². The fraction of sp³-hybridized carbons (Fsp3) is 0.417. The summed E-state index contributed by atoms with van der Waals surface area (Å²) in [5, 5.41) is 0. The summed E-state index contributed by atoms with van der Waals surface area (Å²) in [4.78, 5) is 10.5. The van der Waals surface area contributed by atoms with Gasteiger partial charge in [-0.25, -0.2) is 4.79 Å². The summed E-state index contributed by atoms with van der Waals surface area (Å²) in [6.07, 6.45) is -2.12. The van der Waals surface area contributed by atoms with Gasteiger partial charge in [-0.3, -0.25) is 0 Å². The minimum Gasteiger partial charge on any atom is -0.461 e. The Bertz CT molecular complexity index is 365. The van der Waals surface area contributed by atoms with Crippen molar-refractivity contribution in [1.82, 2.24) is 0 Å². The van der Waals surface area contributed by atoms with E-state index in [1.807, 2.05) is 30.3 Å². The molecular formula is C12H12F2O2. The average molecular weight is 226 g/mol. The predicted octanol–water partition coefficient (Wildman–Crippen LogP) is 2.60. The first-order valence-corrected chi connectivity index (χ1v) is 5.18. The number of halogens is 2. The number of rotatable bonds is 4. The second kappa shape index (κ2) is 4.60. The molecule has 2 nitrogen and oxygen atoms in total. The van der Waals surface area contributed by atoms with Crippen LogP contribution in [0, 0.1) is 5.92 Å². The van der Waals surface area contributed by atoms with Gasteiger partial charge in [0.05, 0.1) is 6.61 Å². The molecular weight excluding hydrogens is 214 g/mol. The number of carbonyl (C=O) groups is 1. The summed E-state index contributed by atoms with van der Waals surface area (Å²) in [5.41, 5.74) is 1.18. The number of benzene rings is 1. The van der Waals surface area contributed by atoms with Gasteiger partial charge >= 0.3 is 12.4 Å². The van der Waals surface area contributed by atoms with Crippen molar-refractivity contribution in [2.45, 2.75) is 18.8 Å². The van der Waals surface area contributed by atoms with Gasteiger partial charge in [-0.05, 0) is 17.9 Å². The second-order valence-corrected chi connectivity index (χ2v) is 3.94. The first kappa shape index (κ1) is 11.0. The zero-order valence-electron chi connectivity index (χ0n) is 8.61. The topological polar surface area (TPSA) is 26.3 Å². The normalized spacial score (nSPS) is 23.2. The van der Waals surface area contributed by atoms with Crippen molar-refractivity contribution in [2.75, 3.05) is 6.61 Å². The van der Waals surface area contributed by atoms with Crippen LogP contribution in [0.1, 0.15) is 17.9 Å². The van der Waals surface area contributed by atoms with E-state index in [1.54, 1.807) is 0 Å². The third-order valence-corrected chi connectivity index (χ3v) is 2.77. The third kappa shape index (κ3) is 2.56. The molecule has 1 aliphatic rings. The van der Waals surface area contributed by atoms with E-state index in [0.717, 1.165) is 6.42 Å². The van der Waals surface area contributed by atoms with Crippen molar-refractivity contribution in [3.63, 3.8) is 0 Å². The molecule has 16 heavy (non-hydrogen) atoms. The Morgan fingerprint density at radius 1 is 1.38 bits per heavy atom. The number of esters is 1. The van der Waals surface area contributed by atoms with Crippen LogP contribution in [0.15, 0.2) is 30.3 Å². The number of carbonyl (C=O) groups excluding carboxylic acids is 1. The van der Waals surface area contributed by atoms with Crippen LogP contribution in [-0.4, -0.2) is 19.0 Å². The van der Waals surface area contributed by atoms with E-state index in [1.165, 1.54) is 5.56 Å². The number of alkyl halides is 2.